The summed E-state index contributed by atoms with van der Waals surface area (Å²) in [6.45, 7) is -2.78. The zero-order valence-electron chi connectivity index (χ0n) is 19.7. The number of carbonyl (C=O) groups excluding carboxylic acids is 2. The van der Waals surface area contributed by atoms with E-state index in [2.05, 4.69) is 0 Å². The molecule has 0 spiro atoms. The lowest BCUT2D eigenvalue weighted by Gasteiger charge is -2.29. The normalized spacial score (nSPS) is 25.6. The van der Waals surface area contributed by atoms with Crippen LogP contribution >= 0.6 is 0 Å². The molecule has 2 amide bonds. The van der Waals surface area contributed by atoms with Gasteiger partial charge < -0.3 is 19.7 Å². The van der Waals surface area contributed by atoms with Crippen LogP contribution in [0, 0.1) is 5.82 Å². The summed E-state index contributed by atoms with van der Waals surface area (Å²) >= 11 is 0. The van der Waals surface area contributed by atoms with Crippen molar-refractivity contribution in [3.05, 3.63) is 23.9 Å². The largest absolute Gasteiger partial charge is 0.442 e. The SMILES string of the molecule is [2H]c1c([2H])c(N2C[C@H](CN([2H])C(=O)C([2H])([2H])[2H])OC2=O)c([2H])c(F)c1N1CCOCC1. The molecule has 2 heterocycles. The van der Waals surface area contributed by atoms with Gasteiger partial charge in [-0.15, -0.1) is 0 Å². The van der Waals surface area contributed by atoms with Gasteiger partial charge in [-0.25, -0.2) is 9.18 Å². The second-order valence-corrected chi connectivity index (χ2v) is 5.25. The average molecular weight is 344 g/mol. The van der Waals surface area contributed by atoms with Crippen molar-refractivity contribution in [1.82, 2.24) is 5.31 Å². The van der Waals surface area contributed by atoms with Crippen LogP contribution in [0.1, 0.15) is 15.1 Å². The van der Waals surface area contributed by atoms with Gasteiger partial charge in [-0.05, 0) is 18.1 Å². The van der Waals surface area contributed by atoms with Gasteiger partial charge >= 0.3 is 6.09 Å². The minimum Gasteiger partial charge on any atom is -0.442 e. The van der Waals surface area contributed by atoms with Crippen LogP contribution in [0.15, 0.2) is 18.1 Å². The number of cyclic esters (lactones) is 1. The summed E-state index contributed by atoms with van der Waals surface area (Å²) in [5.74, 6) is -2.52. The van der Waals surface area contributed by atoms with E-state index in [0.717, 1.165) is 4.90 Å². The molecule has 2 aliphatic heterocycles. The van der Waals surface area contributed by atoms with E-state index in [1.54, 1.807) is 0 Å². The quantitative estimate of drug-likeness (QED) is 0.886. The smallest absolute Gasteiger partial charge is 0.414 e. The van der Waals surface area contributed by atoms with Crippen molar-refractivity contribution in [2.75, 3.05) is 49.2 Å². The Labute approximate surface area is 149 Å². The van der Waals surface area contributed by atoms with Crippen molar-refractivity contribution in [2.24, 2.45) is 0 Å². The number of benzene rings is 1. The Morgan fingerprint density at radius 2 is 2.33 bits per heavy atom. The second kappa shape index (κ2) is 7.04. The highest BCUT2D eigenvalue weighted by atomic mass is 19.1. The molecule has 0 bridgehead atoms. The van der Waals surface area contributed by atoms with Crippen LogP contribution < -0.4 is 15.1 Å². The van der Waals surface area contributed by atoms with E-state index in [-0.39, 0.29) is 30.6 Å². The Bertz CT molecular complexity index is 866. The maximum Gasteiger partial charge on any atom is 0.414 e. The van der Waals surface area contributed by atoms with E-state index >= 15 is 4.39 Å². The molecule has 24 heavy (non-hydrogen) atoms. The Morgan fingerprint density at radius 3 is 3.08 bits per heavy atom. The van der Waals surface area contributed by atoms with Gasteiger partial charge in [0.05, 0.1) is 41.8 Å². The summed E-state index contributed by atoms with van der Waals surface area (Å²) in [6, 6.07) is -1.81. The van der Waals surface area contributed by atoms with Gasteiger partial charge in [-0.3, -0.25) is 9.69 Å². The fourth-order valence-electron chi connectivity index (χ4n) is 2.49. The van der Waals surface area contributed by atoms with Crippen LogP contribution in [0.4, 0.5) is 20.6 Å². The standard InChI is InChI=1S/C16H20FN3O4/c1-11(21)18-9-13-10-20(16(22)24-13)12-2-3-15(14(17)8-12)19-4-6-23-7-5-19/h2-3,8,13H,4-7,9-10H2,1H3,(H,18,21)/t13-/m0/s1/i1D3,2D,3D,8D/hD. The molecular weight excluding hydrogens is 317 g/mol. The lowest BCUT2D eigenvalue weighted by atomic mass is 10.2. The van der Waals surface area contributed by atoms with Gasteiger partial charge in [0, 0.05) is 24.1 Å². The average Bonchev–Trinajstić information content (AvgIpc) is 3.06. The Balaban J connectivity index is 1.86. The maximum atomic E-state index is 15.0. The molecule has 1 aromatic carbocycles. The molecule has 2 saturated heterocycles. The minimum absolute atomic E-state index is 0.148. The molecule has 0 aromatic heterocycles. The van der Waals surface area contributed by atoms with Crippen molar-refractivity contribution in [3.8, 4) is 0 Å². The van der Waals surface area contributed by atoms with E-state index in [0.29, 0.717) is 13.2 Å². The van der Waals surface area contributed by atoms with Gasteiger partial charge in [0.1, 0.15) is 11.9 Å². The van der Waals surface area contributed by atoms with Crippen LogP contribution in [0.3, 0.4) is 0 Å². The van der Waals surface area contributed by atoms with Gasteiger partial charge in [-0.1, -0.05) is 0 Å². The molecule has 2 fully saturated rings. The first-order valence-corrected chi connectivity index (χ1v) is 7.34. The summed E-state index contributed by atoms with van der Waals surface area (Å²) in [5.41, 5.74) is -0.683. The number of ether oxygens (including phenoxy) is 2. The molecule has 1 N–H and O–H groups in total. The number of halogens is 1. The van der Waals surface area contributed by atoms with Crippen molar-refractivity contribution in [2.45, 2.75) is 13.0 Å². The molecule has 7 nitrogen and oxygen atoms in total. The molecule has 1 aromatic rings. The Hall–Kier alpha value is -2.35. The lowest BCUT2D eigenvalue weighted by Crippen LogP contribution is -2.36. The number of morpholine rings is 1. The topological polar surface area (TPSA) is 71.1 Å². The number of anilines is 2. The van der Waals surface area contributed by atoms with Crippen molar-refractivity contribution >= 4 is 23.4 Å². The molecule has 2 aliphatic rings. The van der Waals surface area contributed by atoms with Gasteiger partial charge in [-0.2, -0.15) is 0 Å². The van der Waals surface area contributed by atoms with Gasteiger partial charge in [0.2, 0.25) is 5.91 Å². The molecule has 0 saturated carbocycles. The molecule has 0 radical (unpaired) electrons. The summed E-state index contributed by atoms with van der Waals surface area (Å²) in [6.07, 6.45) is -2.19. The third kappa shape index (κ3) is 3.59. The molecule has 0 aliphatic carbocycles. The van der Waals surface area contributed by atoms with E-state index in [1.807, 2.05) is 0 Å². The fourth-order valence-corrected chi connectivity index (χ4v) is 2.49. The number of hydrogen-bond donors (Lipinski definition) is 1. The Kier molecular flexibility index (Phi) is 2.88. The van der Waals surface area contributed by atoms with Crippen LogP contribution in [0.2, 0.25) is 1.41 Å². The fraction of sp³-hybridized carbons (Fsp3) is 0.500. The highest BCUT2D eigenvalue weighted by Crippen LogP contribution is 2.28. The first kappa shape index (κ1) is 9.83. The van der Waals surface area contributed by atoms with E-state index < -0.39 is 61.1 Å². The maximum absolute atomic E-state index is 15.0. The minimum atomic E-state index is -3.04. The number of nitrogens with zero attached hydrogens (tertiary/aromatic N) is 2. The van der Waals surface area contributed by atoms with Crippen LogP contribution in [-0.2, 0) is 14.3 Å². The summed E-state index contributed by atoms with van der Waals surface area (Å²) in [5, 5.41) is 0.148. The molecule has 3 rings (SSSR count). The van der Waals surface area contributed by atoms with Gasteiger partial charge in [0.15, 0.2) is 1.41 Å². The van der Waals surface area contributed by atoms with E-state index in [4.69, 9.17) is 19.1 Å². The number of nitrogens with one attached hydrogen (secondary N) is 1. The van der Waals surface area contributed by atoms with Crippen molar-refractivity contribution in [3.63, 3.8) is 0 Å². The van der Waals surface area contributed by atoms with Crippen molar-refractivity contribution in [1.29, 1.82) is 0 Å². The number of carbonyl (C=O) groups is 2. The van der Waals surface area contributed by atoms with Crippen molar-refractivity contribution < 1.29 is 33.1 Å². The first-order valence-electron chi connectivity index (χ1n) is 10.8. The zero-order chi connectivity index (χ0) is 23.1. The first-order chi connectivity index (χ1) is 14.4. The summed E-state index contributed by atoms with van der Waals surface area (Å²) < 4.78 is 78.5. The number of rotatable bonds is 4. The summed E-state index contributed by atoms with van der Waals surface area (Å²) in [7, 11) is 0. The van der Waals surface area contributed by atoms with E-state index in [1.165, 1.54) is 4.90 Å². The zero-order valence-corrected chi connectivity index (χ0v) is 12.7. The third-order valence-electron chi connectivity index (χ3n) is 3.65. The van der Waals surface area contributed by atoms with Crippen LogP contribution in [-0.4, -0.2) is 57.5 Å². The molecule has 1 atom stereocenters. The predicted molar refractivity (Wildman–Crippen MR) is 85.7 cm³/mol. The highest BCUT2D eigenvalue weighted by molar-refractivity contribution is 5.90. The molecule has 8 heteroatoms. The van der Waals surface area contributed by atoms with Crippen LogP contribution in [0.5, 0.6) is 0 Å². The lowest BCUT2D eigenvalue weighted by molar-refractivity contribution is -0.119. The summed E-state index contributed by atoms with van der Waals surface area (Å²) in [4.78, 5) is 26.2. The van der Waals surface area contributed by atoms with E-state index in [9.17, 15) is 9.59 Å². The predicted octanol–water partition coefficient (Wildman–Crippen LogP) is 1.12. The van der Waals surface area contributed by atoms with Crippen LogP contribution in [0.25, 0.3) is 0 Å². The third-order valence-corrected chi connectivity index (χ3v) is 3.65. The molecule has 130 valence electrons. The molecule has 0 unspecified atom stereocenters. The van der Waals surface area contributed by atoms with Gasteiger partial charge in [0.25, 0.3) is 0 Å². The second-order valence-electron chi connectivity index (χ2n) is 5.25. The monoisotopic (exact) mass is 344 g/mol. The molecular formula is C16H20FN3O4. The highest BCUT2D eigenvalue weighted by Gasteiger charge is 2.32. The Morgan fingerprint density at radius 1 is 1.54 bits per heavy atom. The number of hydrogen-bond acceptors (Lipinski definition) is 5. The number of amides is 2.